The molecule has 102 valence electrons. The smallest absolute Gasteiger partial charge is 0.141 e. The molecule has 0 bridgehead atoms. The van der Waals surface area contributed by atoms with Gasteiger partial charge in [0.15, 0.2) is 0 Å². The van der Waals surface area contributed by atoms with Gasteiger partial charge in [0.1, 0.15) is 17.7 Å². The molecule has 0 radical (unpaired) electrons. The van der Waals surface area contributed by atoms with Gasteiger partial charge in [0.05, 0.1) is 21.5 Å². The number of rotatable bonds is 3. The van der Waals surface area contributed by atoms with Gasteiger partial charge in [0.25, 0.3) is 0 Å². The molecule has 1 N–H and O–H groups in total. The van der Waals surface area contributed by atoms with Crippen LogP contribution in [0.25, 0.3) is 0 Å². The molecule has 1 atom stereocenters. The molecule has 6 heteroatoms. The molecule has 0 saturated heterocycles. The topological polar surface area (TPSA) is 29.5 Å². The molecule has 0 aliphatic rings. The molecular weight excluding hydrogens is 355 g/mol. The van der Waals surface area contributed by atoms with Crippen LogP contribution in [-0.4, -0.2) is 12.2 Å². The molecule has 0 saturated carbocycles. The van der Waals surface area contributed by atoms with Crippen LogP contribution >= 0.6 is 38.9 Å². The SMILES string of the molecule is COc1cc(F)c(Br)cc1C(O)c1scc(C)c1Cl. The second-order valence-corrected chi connectivity index (χ2v) is 6.15. The van der Waals surface area contributed by atoms with Crippen LogP contribution < -0.4 is 4.74 Å². The zero-order valence-electron chi connectivity index (χ0n) is 10.2. The van der Waals surface area contributed by atoms with Crippen molar-refractivity contribution in [2.24, 2.45) is 0 Å². The van der Waals surface area contributed by atoms with E-state index >= 15 is 0 Å². The van der Waals surface area contributed by atoms with Crippen molar-refractivity contribution in [1.82, 2.24) is 0 Å². The van der Waals surface area contributed by atoms with Crippen LogP contribution in [0.15, 0.2) is 22.0 Å². The maximum Gasteiger partial charge on any atom is 0.141 e. The van der Waals surface area contributed by atoms with Crippen LogP contribution in [0.1, 0.15) is 22.1 Å². The highest BCUT2D eigenvalue weighted by atomic mass is 79.9. The molecule has 0 aliphatic heterocycles. The summed E-state index contributed by atoms with van der Waals surface area (Å²) < 4.78 is 18.8. The van der Waals surface area contributed by atoms with Gasteiger partial charge >= 0.3 is 0 Å². The second kappa shape index (κ2) is 5.79. The lowest BCUT2D eigenvalue weighted by molar-refractivity contribution is 0.218. The summed E-state index contributed by atoms with van der Waals surface area (Å²) in [5.41, 5.74) is 1.38. The highest BCUT2D eigenvalue weighted by Crippen LogP contribution is 2.40. The lowest BCUT2D eigenvalue weighted by Gasteiger charge is -2.15. The Hall–Kier alpha value is -0.620. The number of aliphatic hydroxyl groups is 1. The van der Waals surface area contributed by atoms with Gasteiger partial charge in [0, 0.05) is 11.6 Å². The molecule has 0 amide bonds. The normalized spacial score (nSPS) is 12.5. The quantitative estimate of drug-likeness (QED) is 0.854. The average molecular weight is 366 g/mol. The number of benzene rings is 1. The van der Waals surface area contributed by atoms with E-state index in [1.54, 1.807) is 0 Å². The fourth-order valence-electron chi connectivity index (χ4n) is 1.71. The Bertz CT molecular complexity index is 615. The van der Waals surface area contributed by atoms with E-state index in [0.717, 1.165) is 5.56 Å². The summed E-state index contributed by atoms with van der Waals surface area (Å²) in [6.07, 6.45) is -0.946. The van der Waals surface area contributed by atoms with Gasteiger partial charge in [0.2, 0.25) is 0 Å². The third-order valence-electron chi connectivity index (χ3n) is 2.74. The fourth-order valence-corrected chi connectivity index (χ4v) is 3.37. The molecule has 0 fully saturated rings. The third-order valence-corrected chi connectivity index (χ3v) is 5.11. The van der Waals surface area contributed by atoms with Crippen LogP contribution in [0.4, 0.5) is 4.39 Å². The molecule has 1 heterocycles. The summed E-state index contributed by atoms with van der Waals surface area (Å²) in [6, 6.07) is 2.74. The van der Waals surface area contributed by atoms with Crippen molar-refractivity contribution in [3.63, 3.8) is 0 Å². The number of hydrogen-bond acceptors (Lipinski definition) is 3. The van der Waals surface area contributed by atoms with Gasteiger partial charge in [-0.1, -0.05) is 11.6 Å². The summed E-state index contributed by atoms with van der Waals surface area (Å²) in [7, 11) is 1.43. The van der Waals surface area contributed by atoms with E-state index in [1.807, 2.05) is 12.3 Å². The molecule has 19 heavy (non-hydrogen) atoms. The minimum Gasteiger partial charge on any atom is -0.496 e. The van der Waals surface area contributed by atoms with Crippen LogP contribution in [0.5, 0.6) is 5.75 Å². The first-order valence-corrected chi connectivity index (χ1v) is 7.45. The van der Waals surface area contributed by atoms with Gasteiger partial charge in [-0.25, -0.2) is 4.39 Å². The van der Waals surface area contributed by atoms with E-state index in [1.165, 1.54) is 30.6 Å². The number of thiophene rings is 1. The average Bonchev–Trinajstić information content (AvgIpc) is 2.72. The highest BCUT2D eigenvalue weighted by molar-refractivity contribution is 9.10. The largest absolute Gasteiger partial charge is 0.496 e. The Labute approximate surface area is 127 Å². The second-order valence-electron chi connectivity index (χ2n) is 4.01. The summed E-state index contributed by atoms with van der Waals surface area (Å²) in [4.78, 5) is 0.621. The standard InChI is InChI=1S/C13H11BrClFO2S/c1-6-5-19-13(11(6)15)12(17)7-3-8(14)9(16)4-10(7)18-2/h3-5,12,17H,1-2H3. The number of hydrogen-bond donors (Lipinski definition) is 1. The number of ether oxygens (including phenoxy) is 1. The Morgan fingerprint density at radius 2 is 2.16 bits per heavy atom. The predicted octanol–water partition coefficient (Wildman–Crippen LogP) is 4.70. The zero-order chi connectivity index (χ0) is 14.2. The Morgan fingerprint density at radius 3 is 2.68 bits per heavy atom. The predicted molar refractivity (Wildman–Crippen MR) is 78.8 cm³/mol. The molecule has 2 nitrogen and oxygen atoms in total. The lowest BCUT2D eigenvalue weighted by Crippen LogP contribution is -2.02. The number of aliphatic hydroxyl groups excluding tert-OH is 1. The maximum absolute atomic E-state index is 13.5. The van der Waals surface area contributed by atoms with Crippen molar-refractivity contribution in [1.29, 1.82) is 0 Å². The molecule has 0 aliphatic carbocycles. The van der Waals surface area contributed by atoms with E-state index < -0.39 is 11.9 Å². The minimum atomic E-state index is -0.946. The van der Waals surface area contributed by atoms with Crippen LogP contribution in [0, 0.1) is 12.7 Å². The number of aryl methyl sites for hydroxylation is 1. The Morgan fingerprint density at radius 1 is 1.47 bits per heavy atom. The molecule has 1 unspecified atom stereocenters. The highest BCUT2D eigenvalue weighted by Gasteiger charge is 2.22. The van der Waals surface area contributed by atoms with Crippen LogP contribution in [0.2, 0.25) is 5.02 Å². The van der Waals surface area contributed by atoms with E-state index in [2.05, 4.69) is 15.9 Å². The third kappa shape index (κ3) is 2.79. The van der Waals surface area contributed by atoms with Gasteiger partial charge < -0.3 is 9.84 Å². The van der Waals surface area contributed by atoms with Gasteiger partial charge in [-0.05, 0) is 39.9 Å². The first kappa shape index (κ1) is 14.8. The first-order valence-electron chi connectivity index (χ1n) is 5.40. The molecular formula is C13H11BrClFO2S. The summed E-state index contributed by atoms with van der Waals surface area (Å²) >= 11 is 10.6. The number of methoxy groups -OCH3 is 1. The van der Waals surface area contributed by atoms with Crippen LogP contribution in [-0.2, 0) is 0 Å². The van der Waals surface area contributed by atoms with Gasteiger partial charge in [-0.3, -0.25) is 0 Å². The molecule has 0 spiro atoms. The van der Waals surface area contributed by atoms with Crippen molar-refractivity contribution in [2.75, 3.05) is 7.11 Å². The van der Waals surface area contributed by atoms with Crippen molar-refractivity contribution in [3.8, 4) is 5.75 Å². The maximum atomic E-state index is 13.5. The van der Waals surface area contributed by atoms with E-state index in [-0.39, 0.29) is 10.2 Å². The summed E-state index contributed by atoms with van der Waals surface area (Å²) in [6.45, 7) is 1.87. The summed E-state index contributed by atoms with van der Waals surface area (Å²) in [5, 5.41) is 12.8. The van der Waals surface area contributed by atoms with Crippen molar-refractivity contribution < 1.29 is 14.2 Å². The Kier molecular flexibility index (Phi) is 4.50. The minimum absolute atomic E-state index is 0.270. The fraction of sp³-hybridized carbons (Fsp3) is 0.231. The van der Waals surface area contributed by atoms with Crippen LogP contribution in [0.3, 0.4) is 0 Å². The molecule has 1 aromatic heterocycles. The molecule has 2 rings (SSSR count). The van der Waals surface area contributed by atoms with Crippen molar-refractivity contribution in [2.45, 2.75) is 13.0 Å². The molecule has 2 aromatic rings. The van der Waals surface area contributed by atoms with Gasteiger partial charge in [-0.15, -0.1) is 11.3 Å². The zero-order valence-corrected chi connectivity index (χ0v) is 13.4. The summed E-state index contributed by atoms with van der Waals surface area (Å²) in [5.74, 6) is -0.156. The van der Waals surface area contributed by atoms with E-state index in [0.29, 0.717) is 15.5 Å². The van der Waals surface area contributed by atoms with E-state index in [9.17, 15) is 9.50 Å². The first-order chi connectivity index (χ1) is 8.95. The van der Waals surface area contributed by atoms with Gasteiger partial charge in [-0.2, -0.15) is 0 Å². The number of halogens is 3. The Balaban J connectivity index is 2.52. The van der Waals surface area contributed by atoms with Crippen molar-refractivity contribution >= 4 is 38.9 Å². The molecule has 1 aromatic carbocycles. The van der Waals surface area contributed by atoms with E-state index in [4.69, 9.17) is 16.3 Å². The lowest BCUT2D eigenvalue weighted by atomic mass is 10.1. The van der Waals surface area contributed by atoms with Crippen molar-refractivity contribution in [3.05, 3.63) is 48.8 Å². The monoisotopic (exact) mass is 364 g/mol.